The third-order valence-corrected chi connectivity index (χ3v) is 5.96. The van der Waals surface area contributed by atoms with Crippen molar-refractivity contribution in [1.29, 1.82) is 0 Å². The van der Waals surface area contributed by atoms with Gasteiger partial charge in [-0.25, -0.2) is 0 Å². The van der Waals surface area contributed by atoms with E-state index in [1.54, 1.807) is 6.92 Å². The second-order valence-electron chi connectivity index (χ2n) is 6.84. The topological polar surface area (TPSA) is 90.0 Å². The van der Waals surface area contributed by atoms with Crippen molar-refractivity contribution in [1.82, 2.24) is 4.90 Å². The van der Waals surface area contributed by atoms with Crippen LogP contribution < -0.4 is 0 Å². The smallest absolute Gasteiger partial charge is 0.311 e. The molecule has 0 radical (unpaired) electrons. The molecule has 0 unspecified atom stereocenters. The van der Waals surface area contributed by atoms with Crippen molar-refractivity contribution < 1.29 is 28.7 Å². The lowest BCUT2D eigenvalue weighted by molar-refractivity contribution is -0.185. The third-order valence-electron chi connectivity index (χ3n) is 5.96. The Labute approximate surface area is 138 Å². The maximum atomic E-state index is 12.8. The SMILES string of the molecule is CCN1C(=O)[C@@H]2[C@H]3C(=CC[C@@H]2C1=O)[C@@H]1C[C@H](C(=O)OC)[C@H]3C(=O)O1. The number of hydrogen-bond donors (Lipinski definition) is 0. The van der Waals surface area contributed by atoms with Crippen LogP contribution in [-0.4, -0.2) is 48.4 Å². The molecule has 5 aliphatic rings. The molecule has 128 valence electrons. The molecule has 5 rings (SSSR count). The molecular formula is C17H19NO6. The van der Waals surface area contributed by atoms with Gasteiger partial charge in [-0.15, -0.1) is 0 Å². The molecule has 24 heavy (non-hydrogen) atoms. The molecule has 0 spiro atoms. The van der Waals surface area contributed by atoms with E-state index in [0.717, 1.165) is 5.57 Å². The standard InChI is InChI=1S/C17H19NO6/c1-3-18-14(19)8-5-4-7-10-6-9(16(21)23-2)13(17(22)24-10)11(7)12(8)15(18)20/h4,8-13H,3,5-6H2,1-2H3/t8-,9-,10-,11+,12-,13+/m0/s1. The van der Waals surface area contributed by atoms with E-state index in [9.17, 15) is 19.2 Å². The van der Waals surface area contributed by atoms with Gasteiger partial charge in [-0.1, -0.05) is 6.08 Å². The molecule has 3 aliphatic heterocycles. The molecule has 2 bridgehead atoms. The summed E-state index contributed by atoms with van der Waals surface area (Å²) in [6.45, 7) is 2.09. The number of ether oxygens (including phenoxy) is 2. The molecule has 4 fully saturated rings. The van der Waals surface area contributed by atoms with Crippen LogP contribution in [0, 0.1) is 29.6 Å². The zero-order chi connectivity index (χ0) is 17.2. The molecule has 2 aliphatic carbocycles. The molecule has 3 saturated heterocycles. The predicted molar refractivity (Wildman–Crippen MR) is 79.1 cm³/mol. The summed E-state index contributed by atoms with van der Waals surface area (Å²) in [5, 5.41) is 0. The van der Waals surface area contributed by atoms with Gasteiger partial charge in [0.25, 0.3) is 0 Å². The van der Waals surface area contributed by atoms with E-state index in [1.807, 2.05) is 6.08 Å². The number of allylic oxidation sites excluding steroid dienone is 1. The summed E-state index contributed by atoms with van der Waals surface area (Å²) in [5.74, 6) is -4.09. The summed E-state index contributed by atoms with van der Waals surface area (Å²) < 4.78 is 10.3. The number of nitrogens with zero attached hydrogens (tertiary/aromatic N) is 1. The molecule has 0 aromatic carbocycles. The van der Waals surface area contributed by atoms with Crippen molar-refractivity contribution in [2.75, 3.05) is 13.7 Å². The van der Waals surface area contributed by atoms with Crippen LogP contribution >= 0.6 is 0 Å². The average molecular weight is 333 g/mol. The van der Waals surface area contributed by atoms with E-state index >= 15 is 0 Å². The summed E-state index contributed by atoms with van der Waals surface area (Å²) in [4.78, 5) is 51.1. The van der Waals surface area contributed by atoms with Gasteiger partial charge in [-0.05, 0) is 18.9 Å². The predicted octanol–water partition coefficient (Wildman–Crippen LogP) is 0.288. The van der Waals surface area contributed by atoms with Crippen molar-refractivity contribution in [3.8, 4) is 0 Å². The van der Waals surface area contributed by atoms with E-state index in [-0.39, 0.29) is 11.8 Å². The summed E-state index contributed by atoms with van der Waals surface area (Å²) in [6.07, 6.45) is 2.33. The van der Waals surface area contributed by atoms with E-state index in [2.05, 4.69) is 0 Å². The molecule has 7 nitrogen and oxygen atoms in total. The minimum atomic E-state index is -0.741. The minimum absolute atomic E-state index is 0.174. The van der Waals surface area contributed by atoms with Gasteiger partial charge in [-0.2, -0.15) is 0 Å². The average Bonchev–Trinajstić information content (AvgIpc) is 2.84. The Morgan fingerprint density at radius 3 is 2.67 bits per heavy atom. The first-order valence-corrected chi connectivity index (χ1v) is 8.33. The number of rotatable bonds is 2. The number of hydrogen-bond acceptors (Lipinski definition) is 6. The number of methoxy groups -OCH3 is 1. The van der Waals surface area contributed by atoms with Crippen LogP contribution in [-0.2, 0) is 28.7 Å². The maximum absolute atomic E-state index is 12.8. The Kier molecular flexibility index (Phi) is 3.30. The van der Waals surface area contributed by atoms with Crippen LogP contribution in [0.15, 0.2) is 11.6 Å². The van der Waals surface area contributed by atoms with Crippen LogP contribution in [0.3, 0.4) is 0 Å². The maximum Gasteiger partial charge on any atom is 0.311 e. The monoisotopic (exact) mass is 333 g/mol. The van der Waals surface area contributed by atoms with Crippen molar-refractivity contribution in [3.63, 3.8) is 0 Å². The molecule has 1 saturated carbocycles. The van der Waals surface area contributed by atoms with Crippen molar-refractivity contribution in [3.05, 3.63) is 11.6 Å². The molecular weight excluding hydrogens is 314 g/mol. The zero-order valence-corrected chi connectivity index (χ0v) is 13.6. The highest BCUT2D eigenvalue weighted by molar-refractivity contribution is 6.06. The normalized spacial score (nSPS) is 40.0. The zero-order valence-electron chi connectivity index (χ0n) is 13.6. The van der Waals surface area contributed by atoms with Crippen molar-refractivity contribution in [2.45, 2.75) is 25.9 Å². The highest BCUT2D eigenvalue weighted by Gasteiger charge is 2.63. The van der Waals surface area contributed by atoms with Gasteiger partial charge in [0.05, 0.1) is 30.8 Å². The van der Waals surface area contributed by atoms with Crippen LogP contribution in [0.25, 0.3) is 0 Å². The van der Waals surface area contributed by atoms with Gasteiger partial charge in [0.15, 0.2) is 0 Å². The van der Waals surface area contributed by atoms with Crippen LogP contribution in [0.1, 0.15) is 19.8 Å². The lowest BCUT2D eigenvalue weighted by Crippen LogP contribution is -2.57. The van der Waals surface area contributed by atoms with Gasteiger partial charge in [0.2, 0.25) is 11.8 Å². The molecule has 0 aromatic rings. The second-order valence-corrected chi connectivity index (χ2v) is 6.84. The Bertz CT molecular complexity index is 683. The van der Waals surface area contributed by atoms with Crippen LogP contribution in [0.4, 0.5) is 0 Å². The van der Waals surface area contributed by atoms with Gasteiger partial charge in [-0.3, -0.25) is 24.1 Å². The van der Waals surface area contributed by atoms with Crippen LogP contribution in [0.2, 0.25) is 0 Å². The highest BCUT2D eigenvalue weighted by Crippen LogP contribution is 2.55. The Morgan fingerprint density at radius 1 is 1.25 bits per heavy atom. The number of carbonyl (C=O) groups is 4. The quantitative estimate of drug-likeness (QED) is 0.410. The number of esters is 2. The van der Waals surface area contributed by atoms with E-state index in [1.165, 1.54) is 12.0 Å². The third kappa shape index (κ3) is 1.78. The first kappa shape index (κ1) is 15.4. The first-order valence-electron chi connectivity index (χ1n) is 8.33. The molecule has 0 N–H and O–H groups in total. The van der Waals surface area contributed by atoms with Gasteiger partial charge in [0, 0.05) is 18.9 Å². The molecule has 7 heteroatoms. The van der Waals surface area contributed by atoms with E-state index < -0.39 is 47.6 Å². The minimum Gasteiger partial charge on any atom is -0.469 e. The van der Waals surface area contributed by atoms with Crippen molar-refractivity contribution >= 4 is 23.8 Å². The molecule has 0 aromatic heterocycles. The number of fused-ring (bicyclic) bond motifs is 3. The molecule has 2 amide bonds. The fraction of sp³-hybridized carbons (Fsp3) is 0.647. The Hall–Kier alpha value is -2.18. The number of amides is 2. The lowest BCUT2D eigenvalue weighted by atomic mass is 9.57. The Morgan fingerprint density at radius 2 is 2.00 bits per heavy atom. The van der Waals surface area contributed by atoms with Gasteiger partial charge in [0.1, 0.15) is 6.10 Å². The van der Waals surface area contributed by atoms with E-state index in [4.69, 9.17) is 9.47 Å². The second kappa shape index (κ2) is 5.16. The van der Waals surface area contributed by atoms with Crippen LogP contribution in [0.5, 0.6) is 0 Å². The summed E-state index contributed by atoms with van der Waals surface area (Å²) >= 11 is 0. The summed E-state index contributed by atoms with van der Waals surface area (Å²) in [6, 6.07) is 0. The number of likely N-dealkylation sites (tertiary alicyclic amines) is 1. The largest absolute Gasteiger partial charge is 0.469 e. The number of imide groups is 1. The lowest BCUT2D eigenvalue weighted by Gasteiger charge is -2.50. The first-order chi connectivity index (χ1) is 11.5. The summed E-state index contributed by atoms with van der Waals surface area (Å²) in [5.41, 5.74) is 0.903. The van der Waals surface area contributed by atoms with Crippen molar-refractivity contribution in [2.24, 2.45) is 29.6 Å². The molecule has 6 atom stereocenters. The number of carbonyl (C=O) groups excluding carboxylic acids is 4. The molecule has 3 heterocycles. The Balaban J connectivity index is 1.78. The fourth-order valence-electron chi connectivity index (χ4n) is 4.96. The van der Waals surface area contributed by atoms with E-state index in [0.29, 0.717) is 19.4 Å². The highest BCUT2D eigenvalue weighted by atomic mass is 16.6. The van der Waals surface area contributed by atoms with Gasteiger partial charge >= 0.3 is 11.9 Å². The summed E-state index contributed by atoms with van der Waals surface area (Å²) in [7, 11) is 1.29. The van der Waals surface area contributed by atoms with Gasteiger partial charge < -0.3 is 9.47 Å². The fourth-order valence-corrected chi connectivity index (χ4v) is 4.96.